The molecule has 0 aliphatic heterocycles. The normalized spacial score (nSPS) is 12.1. The summed E-state index contributed by atoms with van der Waals surface area (Å²) < 4.78 is 28.6. The molecule has 3 N–H and O–H groups in total. The van der Waals surface area contributed by atoms with Crippen molar-refractivity contribution in [3.8, 4) is 16.2 Å². The highest BCUT2D eigenvalue weighted by atomic mass is 32.2. The van der Waals surface area contributed by atoms with Crippen LogP contribution in [0, 0.1) is 12.3 Å². The molecule has 1 aromatic heterocycles. The molecule has 1 amide bonds. The molecule has 0 saturated carbocycles. The Morgan fingerprint density at radius 3 is 2.48 bits per heavy atom. The van der Waals surface area contributed by atoms with Crippen LogP contribution >= 0.6 is 11.3 Å². The lowest BCUT2D eigenvalue weighted by atomic mass is 9.96. The van der Waals surface area contributed by atoms with Gasteiger partial charge in [0, 0.05) is 5.41 Å². The lowest BCUT2D eigenvalue weighted by molar-refractivity contribution is -0.123. The molecule has 9 heteroatoms. The molecule has 0 aliphatic carbocycles. The van der Waals surface area contributed by atoms with E-state index in [2.05, 4.69) is 10.3 Å². The van der Waals surface area contributed by atoms with Gasteiger partial charge in [0.1, 0.15) is 10.6 Å². The number of amides is 1. The summed E-state index contributed by atoms with van der Waals surface area (Å²) in [6, 6.07) is 4.72. The number of nitrogens with two attached hydrogens (primary N) is 1. The summed E-state index contributed by atoms with van der Waals surface area (Å²) in [7, 11) is -2.55. The zero-order valence-electron chi connectivity index (χ0n) is 14.7. The molecule has 25 heavy (non-hydrogen) atoms. The van der Waals surface area contributed by atoms with Crippen LogP contribution in [0.25, 0.3) is 10.4 Å². The van der Waals surface area contributed by atoms with Crippen molar-refractivity contribution in [2.24, 2.45) is 10.6 Å². The van der Waals surface area contributed by atoms with E-state index in [1.165, 1.54) is 24.5 Å². The molecule has 0 saturated heterocycles. The molecule has 0 atom stereocenters. The van der Waals surface area contributed by atoms with Crippen LogP contribution in [0.3, 0.4) is 0 Å². The number of carbonyl (C=O) groups is 1. The molecule has 1 aromatic carbocycles. The first-order chi connectivity index (χ1) is 11.4. The maximum absolute atomic E-state index is 12.1. The first kappa shape index (κ1) is 19.4. The van der Waals surface area contributed by atoms with E-state index < -0.39 is 15.4 Å². The predicted octanol–water partition coefficient (Wildman–Crippen LogP) is 2.76. The number of hydrogen-bond donors (Lipinski definition) is 2. The molecular weight excluding hydrogens is 362 g/mol. The molecule has 1 heterocycles. The second-order valence-electron chi connectivity index (χ2n) is 6.55. The van der Waals surface area contributed by atoms with Crippen LogP contribution in [0.1, 0.15) is 26.5 Å². The molecule has 136 valence electrons. The average molecular weight is 383 g/mol. The van der Waals surface area contributed by atoms with E-state index >= 15 is 0 Å². The Labute approximate surface area is 151 Å². The fourth-order valence-electron chi connectivity index (χ4n) is 2.04. The molecule has 7 nitrogen and oxygen atoms in total. The topological polar surface area (TPSA) is 111 Å². The molecule has 0 radical (unpaired) electrons. The number of sulfonamides is 1. The van der Waals surface area contributed by atoms with Crippen LogP contribution < -0.4 is 15.2 Å². The summed E-state index contributed by atoms with van der Waals surface area (Å²) in [5.74, 6) is 0.0300. The van der Waals surface area contributed by atoms with Crippen molar-refractivity contribution in [2.75, 3.05) is 12.4 Å². The van der Waals surface area contributed by atoms with Crippen LogP contribution in [-0.4, -0.2) is 26.4 Å². The standard InChI is InChI=1S/C16H21N3O4S2/c1-9-13(24-15(18-9)19-14(20)16(2,3)4)10-6-7-11(23-5)12(8-10)25(17,21)22/h6-8H,1-5H3,(H2,17,21,22)(H,18,19,20). The van der Waals surface area contributed by atoms with Crippen molar-refractivity contribution in [3.05, 3.63) is 23.9 Å². The highest BCUT2D eigenvalue weighted by Crippen LogP contribution is 2.36. The smallest absolute Gasteiger partial charge is 0.241 e. The summed E-state index contributed by atoms with van der Waals surface area (Å²) in [5.41, 5.74) is 0.775. The second-order valence-corrected chi connectivity index (χ2v) is 9.08. The molecule has 0 spiro atoms. The Hall–Kier alpha value is -1.97. The van der Waals surface area contributed by atoms with Gasteiger partial charge >= 0.3 is 0 Å². The van der Waals surface area contributed by atoms with Gasteiger partial charge in [-0.15, -0.1) is 0 Å². The molecule has 0 fully saturated rings. The van der Waals surface area contributed by atoms with Gasteiger partial charge in [-0.25, -0.2) is 18.5 Å². The number of hydrogen-bond acceptors (Lipinski definition) is 6. The van der Waals surface area contributed by atoms with Crippen LogP contribution in [0.2, 0.25) is 0 Å². The highest BCUT2D eigenvalue weighted by molar-refractivity contribution is 7.89. The summed E-state index contributed by atoms with van der Waals surface area (Å²) in [6.07, 6.45) is 0. The first-order valence-corrected chi connectivity index (χ1v) is 9.80. The van der Waals surface area contributed by atoms with Gasteiger partial charge in [0.2, 0.25) is 15.9 Å². The number of benzene rings is 1. The van der Waals surface area contributed by atoms with Gasteiger partial charge in [0.05, 0.1) is 17.7 Å². The monoisotopic (exact) mass is 383 g/mol. The summed E-state index contributed by atoms with van der Waals surface area (Å²) in [5, 5.41) is 8.50. The quantitative estimate of drug-likeness (QED) is 0.843. The average Bonchev–Trinajstić information content (AvgIpc) is 2.85. The second kappa shape index (κ2) is 6.74. The lowest BCUT2D eigenvalue weighted by Crippen LogP contribution is -2.27. The number of aryl methyl sites for hydroxylation is 1. The Kier molecular flexibility index (Phi) is 5.22. The lowest BCUT2D eigenvalue weighted by Gasteiger charge is -2.15. The minimum absolute atomic E-state index is 0.0967. The van der Waals surface area contributed by atoms with E-state index in [0.717, 1.165) is 4.88 Å². The summed E-state index contributed by atoms with van der Waals surface area (Å²) in [4.78, 5) is 17.1. The number of carbonyl (C=O) groups excluding carboxylic acids is 1. The fraction of sp³-hybridized carbons (Fsp3) is 0.375. The fourth-order valence-corrected chi connectivity index (χ4v) is 3.72. The zero-order valence-corrected chi connectivity index (χ0v) is 16.3. The number of anilines is 1. The Morgan fingerprint density at radius 1 is 1.32 bits per heavy atom. The van der Waals surface area contributed by atoms with Crippen molar-refractivity contribution in [3.63, 3.8) is 0 Å². The Morgan fingerprint density at radius 2 is 1.96 bits per heavy atom. The van der Waals surface area contributed by atoms with Gasteiger partial charge in [0.15, 0.2) is 5.13 Å². The largest absolute Gasteiger partial charge is 0.495 e. The van der Waals surface area contributed by atoms with Crippen molar-refractivity contribution in [1.29, 1.82) is 0 Å². The van der Waals surface area contributed by atoms with Crippen LogP contribution in [0.5, 0.6) is 5.75 Å². The predicted molar refractivity (Wildman–Crippen MR) is 98.3 cm³/mol. The third-order valence-electron chi connectivity index (χ3n) is 3.43. The number of methoxy groups -OCH3 is 1. The van der Waals surface area contributed by atoms with Crippen molar-refractivity contribution >= 4 is 32.4 Å². The SMILES string of the molecule is COc1ccc(-c2sc(NC(=O)C(C)(C)C)nc2C)cc1S(N)(=O)=O. The van der Waals surface area contributed by atoms with Gasteiger partial charge in [-0.05, 0) is 30.7 Å². The molecule has 2 rings (SSSR count). The number of primary sulfonamides is 1. The summed E-state index contributed by atoms with van der Waals surface area (Å²) >= 11 is 1.27. The van der Waals surface area contributed by atoms with Crippen molar-refractivity contribution in [2.45, 2.75) is 32.6 Å². The van der Waals surface area contributed by atoms with Gasteiger partial charge in [-0.2, -0.15) is 0 Å². The maximum atomic E-state index is 12.1. The molecule has 0 aliphatic rings. The Balaban J connectivity index is 2.45. The molecular formula is C16H21N3O4S2. The van der Waals surface area contributed by atoms with Gasteiger partial charge in [0.25, 0.3) is 0 Å². The number of ether oxygens (including phenoxy) is 1. The van der Waals surface area contributed by atoms with E-state index in [1.807, 2.05) is 20.8 Å². The van der Waals surface area contributed by atoms with E-state index in [9.17, 15) is 13.2 Å². The highest BCUT2D eigenvalue weighted by Gasteiger charge is 2.23. The van der Waals surface area contributed by atoms with Crippen LogP contribution in [0.4, 0.5) is 5.13 Å². The van der Waals surface area contributed by atoms with Crippen molar-refractivity contribution in [1.82, 2.24) is 4.98 Å². The minimum atomic E-state index is -3.93. The van der Waals surface area contributed by atoms with E-state index in [-0.39, 0.29) is 16.6 Å². The molecule has 2 aromatic rings. The molecule has 0 bridgehead atoms. The van der Waals surface area contributed by atoms with E-state index in [4.69, 9.17) is 9.88 Å². The number of nitrogens with one attached hydrogen (secondary N) is 1. The molecule has 0 unspecified atom stereocenters. The van der Waals surface area contributed by atoms with Crippen LogP contribution in [-0.2, 0) is 14.8 Å². The van der Waals surface area contributed by atoms with Crippen molar-refractivity contribution < 1.29 is 17.9 Å². The number of rotatable bonds is 4. The van der Waals surface area contributed by atoms with Gasteiger partial charge in [-0.1, -0.05) is 32.1 Å². The minimum Gasteiger partial charge on any atom is -0.495 e. The van der Waals surface area contributed by atoms with E-state index in [0.29, 0.717) is 16.4 Å². The number of nitrogens with zero attached hydrogens (tertiary/aromatic N) is 1. The summed E-state index contributed by atoms with van der Waals surface area (Å²) in [6.45, 7) is 7.22. The maximum Gasteiger partial charge on any atom is 0.241 e. The zero-order chi connectivity index (χ0) is 19.0. The number of thiazole rings is 1. The van der Waals surface area contributed by atoms with Crippen LogP contribution in [0.15, 0.2) is 23.1 Å². The van der Waals surface area contributed by atoms with Gasteiger partial charge in [-0.3, -0.25) is 4.79 Å². The number of aromatic nitrogens is 1. The van der Waals surface area contributed by atoms with Gasteiger partial charge < -0.3 is 10.1 Å². The van der Waals surface area contributed by atoms with E-state index in [1.54, 1.807) is 19.1 Å². The first-order valence-electron chi connectivity index (χ1n) is 7.43. The third kappa shape index (κ3) is 4.36. The Bertz CT molecular complexity index is 912. The third-order valence-corrected chi connectivity index (χ3v) is 5.48.